The number of carbonyl (C=O) groups excluding carboxylic acids is 2. The van der Waals surface area contributed by atoms with Crippen molar-refractivity contribution in [3.63, 3.8) is 0 Å². The quantitative estimate of drug-likeness (QED) is 0.563. The number of halogens is 4. The van der Waals surface area contributed by atoms with Gasteiger partial charge in [-0.25, -0.2) is 13.9 Å². The Labute approximate surface area is 168 Å². The zero-order chi connectivity index (χ0) is 22.1. The molecule has 30 heavy (non-hydrogen) atoms. The van der Waals surface area contributed by atoms with Crippen LogP contribution in [0.5, 0.6) is 0 Å². The summed E-state index contributed by atoms with van der Waals surface area (Å²) in [5, 5.41) is 0. The molecule has 1 heterocycles. The number of hydrogen-bond acceptors (Lipinski definition) is 5. The summed E-state index contributed by atoms with van der Waals surface area (Å²) in [5.41, 5.74) is -1.14. The molecule has 1 N–H and O–H groups in total. The predicted octanol–water partition coefficient (Wildman–Crippen LogP) is 2.38. The van der Waals surface area contributed by atoms with E-state index in [0.29, 0.717) is 11.6 Å². The Kier molecular flexibility index (Phi) is 5.81. The van der Waals surface area contributed by atoms with E-state index < -0.39 is 51.8 Å². The average molecular weight is 446 g/mol. The normalized spacial score (nSPS) is 16.3. The van der Waals surface area contributed by atoms with Gasteiger partial charge in [-0.05, 0) is 29.8 Å². The Morgan fingerprint density at radius 2 is 1.80 bits per heavy atom. The maximum absolute atomic E-state index is 13.1. The summed E-state index contributed by atoms with van der Waals surface area (Å²) in [4.78, 5) is 23.3. The number of esters is 1. The van der Waals surface area contributed by atoms with Crippen molar-refractivity contribution in [2.24, 2.45) is 0 Å². The van der Waals surface area contributed by atoms with Crippen LogP contribution in [0.2, 0.25) is 0 Å². The standard InChI is InChI=1S/C18H14F4N2O5S/c19-14-6-5-13(15(7-14)18(20,21)22)10-29-17(26)12-3-1-11(2-4-12)8-24-9-16(25)23-30(24,27)28/h1-7H,8-10H2,(H,23,25). The lowest BCUT2D eigenvalue weighted by Crippen LogP contribution is -2.29. The van der Waals surface area contributed by atoms with Crippen molar-refractivity contribution in [1.29, 1.82) is 0 Å². The van der Waals surface area contributed by atoms with Gasteiger partial charge in [-0.3, -0.25) is 4.79 Å². The molecule has 0 unspecified atom stereocenters. The van der Waals surface area contributed by atoms with Crippen molar-refractivity contribution in [2.45, 2.75) is 19.3 Å². The first kappa shape index (κ1) is 21.7. The van der Waals surface area contributed by atoms with E-state index in [1.54, 1.807) is 0 Å². The molecule has 2 aromatic rings. The van der Waals surface area contributed by atoms with Gasteiger partial charge in [-0.15, -0.1) is 0 Å². The first-order chi connectivity index (χ1) is 14.0. The van der Waals surface area contributed by atoms with Crippen molar-refractivity contribution in [2.75, 3.05) is 6.54 Å². The van der Waals surface area contributed by atoms with E-state index in [-0.39, 0.29) is 18.7 Å². The Balaban J connectivity index is 1.66. The lowest BCUT2D eigenvalue weighted by Gasteiger charge is -2.14. The number of nitrogens with one attached hydrogen (secondary N) is 1. The largest absolute Gasteiger partial charge is 0.457 e. The van der Waals surface area contributed by atoms with Crippen LogP contribution in [0.4, 0.5) is 17.6 Å². The highest BCUT2D eigenvalue weighted by Gasteiger charge is 2.34. The third-order valence-electron chi connectivity index (χ3n) is 4.19. The van der Waals surface area contributed by atoms with Gasteiger partial charge in [0.05, 0.1) is 17.7 Å². The van der Waals surface area contributed by atoms with Gasteiger partial charge in [0.25, 0.3) is 0 Å². The van der Waals surface area contributed by atoms with Gasteiger partial charge < -0.3 is 4.74 Å². The molecule has 0 bridgehead atoms. The second kappa shape index (κ2) is 8.03. The zero-order valence-corrected chi connectivity index (χ0v) is 15.9. The Morgan fingerprint density at radius 3 is 2.37 bits per heavy atom. The number of benzene rings is 2. The van der Waals surface area contributed by atoms with Crippen LogP contribution in [0.15, 0.2) is 42.5 Å². The molecule has 1 aliphatic rings. The van der Waals surface area contributed by atoms with Crippen LogP contribution in [0, 0.1) is 5.82 Å². The average Bonchev–Trinajstić information content (AvgIpc) is 2.91. The minimum absolute atomic E-state index is 0.0212. The van der Waals surface area contributed by atoms with Crippen LogP contribution in [-0.4, -0.2) is 31.1 Å². The number of rotatable bonds is 5. The molecule has 1 saturated heterocycles. The summed E-state index contributed by atoms with van der Waals surface area (Å²) in [6, 6.07) is 7.52. The van der Waals surface area contributed by atoms with Crippen molar-refractivity contribution in [1.82, 2.24) is 9.03 Å². The Morgan fingerprint density at radius 1 is 1.13 bits per heavy atom. The summed E-state index contributed by atoms with van der Waals surface area (Å²) in [6.45, 7) is -1.15. The topological polar surface area (TPSA) is 92.8 Å². The number of nitrogens with zero attached hydrogens (tertiary/aromatic N) is 1. The molecular weight excluding hydrogens is 432 g/mol. The number of alkyl halides is 3. The molecule has 2 aromatic carbocycles. The minimum Gasteiger partial charge on any atom is -0.457 e. The first-order valence-corrected chi connectivity index (χ1v) is 9.82. The summed E-state index contributed by atoms with van der Waals surface area (Å²) in [5.74, 6) is -2.64. The Bertz CT molecular complexity index is 1080. The van der Waals surface area contributed by atoms with Gasteiger partial charge in [0.2, 0.25) is 5.91 Å². The van der Waals surface area contributed by atoms with E-state index in [4.69, 9.17) is 4.74 Å². The fourth-order valence-corrected chi connectivity index (χ4v) is 3.83. The highest BCUT2D eigenvalue weighted by Crippen LogP contribution is 2.33. The summed E-state index contributed by atoms with van der Waals surface area (Å²) >= 11 is 0. The van der Waals surface area contributed by atoms with E-state index in [1.807, 2.05) is 4.72 Å². The summed E-state index contributed by atoms with van der Waals surface area (Å²) in [7, 11) is -3.90. The molecule has 1 amide bonds. The van der Waals surface area contributed by atoms with Gasteiger partial charge >= 0.3 is 22.4 Å². The lowest BCUT2D eigenvalue weighted by molar-refractivity contribution is -0.139. The molecule has 0 aliphatic carbocycles. The van der Waals surface area contributed by atoms with Crippen molar-refractivity contribution >= 4 is 22.1 Å². The lowest BCUT2D eigenvalue weighted by atomic mass is 10.1. The van der Waals surface area contributed by atoms with Crippen molar-refractivity contribution in [3.8, 4) is 0 Å². The minimum atomic E-state index is -4.81. The van der Waals surface area contributed by atoms with Crippen LogP contribution in [0.1, 0.15) is 27.0 Å². The highest BCUT2D eigenvalue weighted by molar-refractivity contribution is 7.88. The number of ether oxygens (including phenoxy) is 1. The molecule has 0 aromatic heterocycles. The zero-order valence-electron chi connectivity index (χ0n) is 15.1. The highest BCUT2D eigenvalue weighted by atomic mass is 32.2. The van der Waals surface area contributed by atoms with Gasteiger partial charge in [0, 0.05) is 12.1 Å². The van der Waals surface area contributed by atoms with Gasteiger partial charge in [0.15, 0.2) is 0 Å². The molecule has 0 saturated carbocycles. The van der Waals surface area contributed by atoms with Crippen LogP contribution in [0.25, 0.3) is 0 Å². The van der Waals surface area contributed by atoms with E-state index in [0.717, 1.165) is 16.4 Å². The third-order valence-corrected chi connectivity index (χ3v) is 5.61. The van der Waals surface area contributed by atoms with Crippen LogP contribution in [0.3, 0.4) is 0 Å². The van der Waals surface area contributed by atoms with Crippen LogP contribution >= 0.6 is 0 Å². The van der Waals surface area contributed by atoms with Gasteiger partial charge in [0.1, 0.15) is 12.4 Å². The SMILES string of the molecule is O=C1CN(Cc2ccc(C(=O)OCc3ccc(F)cc3C(F)(F)F)cc2)S(=O)(=O)N1. The van der Waals surface area contributed by atoms with Crippen LogP contribution < -0.4 is 4.72 Å². The summed E-state index contributed by atoms with van der Waals surface area (Å²) in [6.07, 6.45) is -4.81. The smallest absolute Gasteiger partial charge is 0.416 e. The van der Waals surface area contributed by atoms with Crippen LogP contribution in [-0.2, 0) is 39.1 Å². The first-order valence-electron chi connectivity index (χ1n) is 8.38. The Hall–Kier alpha value is -2.99. The van der Waals surface area contributed by atoms with Gasteiger partial charge in [-0.1, -0.05) is 18.2 Å². The second-order valence-electron chi connectivity index (χ2n) is 6.37. The van der Waals surface area contributed by atoms with E-state index in [9.17, 15) is 35.6 Å². The number of hydrogen-bond donors (Lipinski definition) is 1. The van der Waals surface area contributed by atoms with E-state index in [1.165, 1.54) is 24.3 Å². The second-order valence-corrected chi connectivity index (χ2v) is 8.04. The monoisotopic (exact) mass is 446 g/mol. The van der Waals surface area contributed by atoms with Gasteiger partial charge in [-0.2, -0.15) is 25.9 Å². The molecule has 160 valence electrons. The fraction of sp³-hybridized carbons (Fsp3) is 0.222. The number of carbonyl (C=O) groups is 2. The van der Waals surface area contributed by atoms with E-state index in [2.05, 4.69) is 0 Å². The van der Waals surface area contributed by atoms with E-state index >= 15 is 0 Å². The molecule has 1 aliphatic heterocycles. The molecule has 1 fully saturated rings. The summed E-state index contributed by atoms with van der Waals surface area (Å²) < 4.78 is 83.1. The maximum atomic E-state index is 13.1. The molecule has 0 spiro atoms. The number of amides is 1. The third kappa shape index (κ3) is 4.94. The van der Waals surface area contributed by atoms with Crippen molar-refractivity contribution < 1.29 is 40.3 Å². The molecule has 7 nitrogen and oxygen atoms in total. The molecule has 0 atom stereocenters. The molecule has 12 heteroatoms. The predicted molar refractivity (Wildman–Crippen MR) is 94.4 cm³/mol. The molecule has 0 radical (unpaired) electrons. The molecular formula is C18H14F4N2O5S. The molecule has 3 rings (SSSR count). The fourth-order valence-electron chi connectivity index (χ4n) is 2.74. The van der Waals surface area contributed by atoms with Crippen molar-refractivity contribution in [3.05, 3.63) is 70.5 Å². The maximum Gasteiger partial charge on any atom is 0.416 e.